The summed E-state index contributed by atoms with van der Waals surface area (Å²) < 4.78 is 3.93. The number of rotatable bonds is 4. The molecule has 19 heavy (non-hydrogen) atoms. The molecule has 0 fully saturated rings. The van der Waals surface area contributed by atoms with Gasteiger partial charge in [-0.3, -0.25) is 4.79 Å². The second-order valence-corrected chi connectivity index (χ2v) is 6.12. The molecule has 1 aliphatic carbocycles. The lowest BCUT2D eigenvalue weighted by Gasteiger charge is -2.29. The van der Waals surface area contributed by atoms with Gasteiger partial charge in [0, 0.05) is 6.42 Å². The summed E-state index contributed by atoms with van der Waals surface area (Å²) in [5.74, 6) is 0.829. The average Bonchev–Trinajstić information content (AvgIpc) is 2.85. The summed E-state index contributed by atoms with van der Waals surface area (Å²) in [4.78, 5) is 13.1. The molecule has 0 N–H and O–H groups in total. The fraction of sp³-hybridized carbons (Fsp3) is 0.400. The highest BCUT2D eigenvalue weighted by Gasteiger charge is 2.29. The molecule has 0 aliphatic heterocycles. The predicted octanol–water partition coefficient (Wildman–Crippen LogP) is 3.57. The number of Topliss-reactive ketones (excluding diaryl/α,β-unsaturated/α-hetero) is 1. The number of nitrogens with zero attached hydrogens (tertiary/aromatic N) is 2. The third-order valence-corrected chi connectivity index (χ3v) is 4.49. The zero-order valence-electron chi connectivity index (χ0n) is 11.1. The van der Waals surface area contributed by atoms with Crippen LogP contribution in [0.3, 0.4) is 0 Å². The van der Waals surface area contributed by atoms with Crippen molar-refractivity contribution in [3.8, 4) is 0 Å². The number of hydrogen-bond acceptors (Lipinski definition) is 4. The molecule has 0 radical (unpaired) electrons. The number of carbonyl (C=O) groups excluding carboxylic acids is 1. The van der Waals surface area contributed by atoms with Gasteiger partial charge in [-0.2, -0.15) is 0 Å². The van der Waals surface area contributed by atoms with Gasteiger partial charge in [-0.05, 0) is 40.9 Å². The monoisotopic (exact) mass is 272 g/mol. The Morgan fingerprint density at radius 3 is 2.95 bits per heavy atom. The molecule has 0 saturated heterocycles. The van der Waals surface area contributed by atoms with Crippen LogP contribution in [-0.2, 0) is 6.42 Å². The molecule has 0 amide bonds. The highest BCUT2D eigenvalue weighted by atomic mass is 32.1. The first-order chi connectivity index (χ1) is 9.16. The third-order valence-electron chi connectivity index (χ3n) is 3.71. The largest absolute Gasteiger partial charge is 0.293 e. The summed E-state index contributed by atoms with van der Waals surface area (Å²) in [6.45, 7) is 4.10. The molecule has 4 heteroatoms. The Kier molecular flexibility index (Phi) is 3.19. The molecule has 0 spiro atoms. The van der Waals surface area contributed by atoms with E-state index in [0.29, 0.717) is 12.3 Å². The first-order valence-corrected chi connectivity index (χ1v) is 7.37. The fourth-order valence-corrected chi connectivity index (χ4v) is 3.40. The normalized spacial score (nSPS) is 17.1. The SMILES string of the molecule is CC(C)c1nnsc1C(=O)CC1Cc2ccccc21. The number of hydrogen-bond donors (Lipinski definition) is 0. The smallest absolute Gasteiger partial charge is 0.176 e. The highest BCUT2D eigenvalue weighted by Crippen LogP contribution is 2.38. The Morgan fingerprint density at radius 2 is 2.21 bits per heavy atom. The molecule has 1 aromatic carbocycles. The minimum Gasteiger partial charge on any atom is -0.293 e. The van der Waals surface area contributed by atoms with Gasteiger partial charge in [-0.1, -0.05) is 42.6 Å². The Morgan fingerprint density at radius 1 is 1.42 bits per heavy atom. The van der Waals surface area contributed by atoms with Gasteiger partial charge in [0.15, 0.2) is 5.78 Å². The second-order valence-electron chi connectivity index (χ2n) is 5.37. The van der Waals surface area contributed by atoms with Crippen LogP contribution in [-0.4, -0.2) is 15.4 Å². The van der Waals surface area contributed by atoms with Crippen molar-refractivity contribution in [2.75, 3.05) is 0 Å². The number of ketones is 1. The molecular weight excluding hydrogens is 256 g/mol. The second kappa shape index (κ2) is 4.85. The Bertz CT molecular complexity index is 618. The average molecular weight is 272 g/mol. The Labute approximate surface area is 116 Å². The first kappa shape index (κ1) is 12.5. The summed E-state index contributed by atoms with van der Waals surface area (Å²) in [5, 5.41) is 4.08. The van der Waals surface area contributed by atoms with E-state index in [1.165, 1.54) is 22.7 Å². The molecule has 1 aromatic heterocycles. The van der Waals surface area contributed by atoms with E-state index >= 15 is 0 Å². The number of benzene rings is 1. The van der Waals surface area contributed by atoms with Gasteiger partial charge in [-0.15, -0.1) is 5.10 Å². The van der Waals surface area contributed by atoms with Gasteiger partial charge in [0.25, 0.3) is 0 Å². The van der Waals surface area contributed by atoms with Gasteiger partial charge in [-0.25, -0.2) is 0 Å². The summed E-state index contributed by atoms with van der Waals surface area (Å²) >= 11 is 1.23. The molecule has 98 valence electrons. The maximum absolute atomic E-state index is 12.4. The van der Waals surface area contributed by atoms with E-state index in [1.807, 2.05) is 19.9 Å². The van der Waals surface area contributed by atoms with Crippen molar-refractivity contribution >= 4 is 17.3 Å². The Hall–Kier alpha value is -1.55. The maximum atomic E-state index is 12.4. The maximum Gasteiger partial charge on any atom is 0.176 e. The van der Waals surface area contributed by atoms with Crippen molar-refractivity contribution in [2.24, 2.45) is 0 Å². The predicted molar refractivity (Wildman–Crippen MR) is 75.8 cm³/mol. The molecule has 1 aliphatic rings. The van der Waals surface area contributed by atoms with Crippen LogP contribution < -0.4 is 0 Å². The van der Waals surface area contributed by atoms with Gasteiger partial charge in [0.05, 0.1) is 5.69 Å². The van der Waals surface area contributed by atoms with Crippen LogP contribution in [0, 0.1) is 0 Å². The lowest BCUT2D eigenvalue weighted by atomic mass is 9.75. The van der Waals surface area contributed by atoms with Crippen molar-refractivity contribution in [1.29, 1.82) is 0 Å². The topological polar surface area (TPSA) is 42.9 Å². The zero-order chi connectivity index (χ0) is 13.4. The van der Waals surface area contributed by atoms with Crippen molar-refractivity contribution < 1.29 is 4.79 Å². The van der Waals surface area contributed by atoms with E-state index in [4.69, 9.17) is 0 Å². The van der Waals surface area contributed by atoms with Crippen molar-refractivity contribution in [3.05, 3.63) is 46.0 Å². The van der Waals surface area contributed by atoms with Crippen LogP contribution in [0.2, 0.25) is 0 Å². The summed E-state index contributed by atoms with van der Waals surface area (Å²) in [6, 6.07) is 8.37. The van der Waals surface area contributed by atoms with E-state index in [-0.39, 0.29) is 11.7 Å². The molecule has 1 unspecified atom stereocenters. The van der Waals surface area contributed by atoms with Crippen molar-refractivity contribution in [1.82, 2.24) is 9.59 Å². The lowest BCUT2D eigenvalue weighted by Crippen LogP contribution is -2.20. The van der Waals surface area contributed by atoms with Crippen molar-refractivity contribution in [3.63, 3.8) is 0 Å². The van der Waals surface area contributed by atoms with E-state index in [1.54, 1.807) is 0 Å². The van der Waals surface area contributed by atoms with E-state index in [2.05, 4.69) is 27.8 Å². The molecule has 1 heterocycles. The van der Waals surface area contributed by atoms with Crippen LogP contribution >= 0.6 is 11.5 Å². The standard InChI is InChI=1S/C15H16N2OS/c1-9(2)14-15(19-17-16-14)13(18)8-11-7-10-5-3-4-6-12(10)11/h3-6,9,11H,7-8H2,1-2H3. The fourth-order valence-electron chi connectivity index (χ4n) is 2.63. The molecule has 3 nitrogen and oxygen atoms in total. The first-order valence-electron chi connectivity index (χ1n) is 6.60. The number of fused-ring (bicyclic) bond motifs is 1. The minimum absolute atomic E-state index is 0.193. The molecular formula is C15H16N2OS. The van der Waals surface area contributed by atoms with E-state index < -0.39 is 0 Å². The minimum atomic E-state index is 0.193. The van der Waals surface area contributed by atoms with Gasteiger partial charge in [0.1, 0.15) is 4.88 Å². The molecule has 0 bridgehead atoms. The van der Waals surface area contributed by atoms with E-state index in [0.717, 1.165) is 17.0 Å². The summed E-state index contributed by atoms with van der Waals surface area (Å²) in [7, 11) is 0. The van der Waals surface area contributed by atoms with Crippen molar-refractivity contribution in [2.45, 2.75) is 38.5 Å². The van der Waals surface area contributed by atoms with Gasteiger partial charge >= 0.3 is 0 Å². The number of carbonyl (C=O) groups is 1. The third kappa shape index (κ3) is 2.21. The van der Waals surface area contributed by atoms with Crippen LogP contribution in [0.15, 0.2) is 24.3 Å². The van der Waals surface area contributed by atoms with Crippen LogP contribution in [0.1, 0.15) is 58.6 Å². The molecule has 3 rings (SSSR count). The van der Waals surface area contributed by atoms with E-state index in [9.17, 15) is 4.79 Å². The summed E-state index contributed by atoms with van der Waals surface area (Å²) in [5.41, 5.74) is 3.56. The van der Waals surface area contributed by atoms with Gasteiger partial charge in [0.2, 0.25) is 0 Å². The summed E-state index contributed by atoms with van der Waals surface area (Å²) in [6.07, 6.45) is 1.60. The number of aromatic nitrogens is 2. The highest BCUT2D eigenvalue weighted by molar-refractivity contribution is 7.08. The Balaban J connectivity index is 1.75. The van der Waals surface area contributed by atoms with Crippen LogP contribution in [0.25, 0.3) is 0 Å². The molecule has 1 atom stereocenters. The molecule has 0 saturated carbocycles. The van der Waals surface area contributed by atoms with Crippen LogP contribution in [0.5, 0.6) is 0 Å². The van der Waals surface area contributed by atoms with Gasteiger partial charge < -0.3 is 0 Å². The quantitative estimate of drug-likeness (QED) is 0.799. The van der Waals surface area contributed by atoms with Crippen LogP contribution in [0.4, 0.5) is 0 Å². The lowest BCUT2D eigenvalue weighted by molar-refractivity contribution is 0.0973. The molecule has 2 aromatic rings. The zero-order valence-corrected chi connectivity index (χ0v) is 11.9.